The van der Waals surface area contributed by atoms with Crippen LogP contribution in [0.15, 0.2) is 61.2 Å². The van der Waals surface area contributed by atoms with E-state index in [0.717, 1.165) is 17.3 Å². The molecule has 0 aliphatic heterocycles. The molecule has 0 aromatic heterocycles. The summed E-state index contributed by atoms with van der Waals surface area (Å²) in [6, 6.07) is 16.3. The molecule has 0 radical (unpaired) electrons. The van der Waals surface area contributed by atoms with E-state index >= 15 is 0 Å². The van der Waals surface area contributed by atoms with Crippen molar-refractivity contribution in [1.82, 2.24) is 5.32 Å². The predicted molar refractivity (Wildman–Crippen MR) is 88.8 cm³/mol. The average molecular weight is 302 g/mol. The van der Waals surface area contributed by atoms with Gasteiger partial charge in [0.1, 0.15) is 12.4 Å². The van der Waals surface area contributed by atoms with Crippen LogP contribution in [0.1, 0.15) is 24.1 Å². The van der Waals surface area contributed by atoms with E-state index in [1.54, 1.807) is 6.08 Å². The average Bonchev–Trinajstić information content (AvgIpc) is 2.52. The molecule has 0 aliphatic rings. The summed E-state index contributed by atoms with van der Waals surface area (Å²) in [5, 5.41) is 4.26. The molecule has 0 saturated heterocycles. The van der Waals surface area contributed by atoms with Gasteiger partial charge in [-0.25, -0.2) is 0 Å². The van der Waals surface area contributed by atoms with E-state index in [-0.39, 0.29) is 6.04 Å². The molecule has 0 fully saturated rings. The van der Waals surface area contributed by atoms with Gasteiger partial charge < -0.3 is 10.1 Å². The molecular formula is C18H20ClNO. The second-order valence-corrected chi connectivity index (χ2v) is 5.33. The summed E-state index contributed by atoms with van der Waals surface area (Å²) in [6.07, 6.45) is 1.74. The van der Waals surface area contributed by atoms with E-state index in [4.69, 9.17) is 16.3 Å². The monoisotopic (exact) mass is 301 g/mol. The summed E-state index contributed by atoms with van der Waals surface area (Å²) in [4.78, 5) is 0. The number of benzene rings is 2. The van der Waals surface area contributed by atoms with Gasteiger partial charge in [0, 0.05) is 17.6 Å². The summed E-state index contributed by atoms with van der Waals surface area (Å²) in [5.74, 6) is 0.865. The highest BCUT2D eigenvalue weighted by Gasteiger charge is 2.04. The zero-order chi connectivity index (χ0) is 15.1. The van der Waals surface area contributed by atoms with Crippen molar-refractivity contribution < 1.29 is 4.74 Å². The first-order valence-corrected chi connectivity index (χ1v) is 7.38. The van der Waals surface area contributed by atoms with Crippen LogP contribution in [0.2, 0.25) is 5.02 Å². The van der Waals surface area contributed by atoms with Gasteiger partial charge in [0.05, 0.1) is 0 Å². The Morgan fingerprint density at radius 3 is 2.43 bits per heavy atom. The number of hydrogen-bond donors (Lipinski definition) is 1. The van der Waals surface area contributed by atoms with E-state index in [9.17, 15) is 0 Å². The van der Waals surface area contributed by atoms with Crippen molar-refractivity contribution in [1.29, 1.82) is 0 Å². The second kappa shape index (κ2) is 7.87. The molecule has 2 aromatic carbocycles. The Hall–Kier alpha value is -1.77. The normalized spacial score (nSPS) is 11.9. The van der Waals surface area contributed by atoms with Crippen LogP contribution in [0.4, 0.5) is 0 Å². The molecule has 1 atom stereocenters. The van der Waals surface area contributed by atoms with Gasteiger partial charge in [-0.15, -0.1) is 0 Å². The summed E-state index contributed by atoms with van der Waals surface area (Å²) >= 11 is 5.90. The molecule has 0 bridgehead atoms. The highest BCUT2D eigenvalue weighted by Crippen LogP contribution is 2.17. The topological polar surface area (TPSA) is 21.3 Å². The second-order valence-electron chi connectivity index (χ2n) is 4.90. The van der Waals surface area contributed by atoms with Crippen LogP contribution >= 0.6 is 11.6 Å². The van der Waals surface area contributed by atoms with Crippen LogP contribution in [0, 0.1) is 0 Å². The van der Waals surface area contributed by atoms with E-state index < -0.39 is 0 Å². The minimum atomic E-state index is 0.277. The molecule has 0 spiro atoms. The maximum Gasteiger partial charge on any atom is 0.119 e. The maximum atomic E-state index is 5.90. The minimum Gasteiger partial charge on any atom is -0.490 e. The Balaban J connectivity index is 1.87. The molecule has 2 nitrogen and oxygen atoms in total. The quantitative estimate of drug-likeness (QED) is 0.745. The molecule has 0 aliphatic carbocycles. The number of ether oxygens (including phenoxy) is 1. The van der Waals surface area contributed by atoms with Crippen LogP contribution in [-0.2, 0) is 6.54 Å². The molecule has 2 aromatic rings. The van der Waals surface area contributed by atoms with E-state index in [1.165, 1.54) is 11.1 Å². The van der Waals surface area contributed by atoms with Crippen LogP contribution < -0.4 is 10.1 Å². The van der Waals surface area contributed by atoms with Gasteiger partial charge in [0.25, 0.3) is 0 Å². The zero-order valence-electron chi connectivity index (χ0n) is 12.2. The summed E-state index contributed by atoms with van der Waals surface area (Å²) in [5.41, 5.74) is 2.45. The van der Waals surface area contributed by atoms with Gasteiger partial charge in [0.15, 0.2) is 0 Å². The zero-order valence-corrected chi connectivity index (χ0v) is 12.9. The lowest BCUT2D eigenvalue weighted by atomic mass is 10.1. The standard InChI is InChI=1S/C18H20ClNO/c1-3-12-21-18-10-4-15(5-11-18)13-20-14(2)16-6-8-17(19)9-7-16/h3-11,14,20H,1,12-13H2,2H3/t14-/m0/s1. The van der Waals surface area contributed by atoms with Gasteiger partial charge in [-0.3, -0.25) is 0 Å². The van der Waals surface area contributed by atoms with Crippen LogP contribution in [-0.4, -0.2) is 6.61 Å². The van der Waals surface area contributed by atoms with E-state index in [2.05, 4.69) is 31.0 Å². The van der Waals surface area contributed by atoms with Crippen LogP contribution in [0.25, 0.3) is 0 Å². The maximum absolute atomic E-state index is 5.90. The fourth-order valence-electron chi connectivity index (χ4n) is 2.00. The first kappa shape index (κ1) is 15.6. The first-order chi connectivity index (χ1) is 10.2. The number of hydrogen-bond acceptors (Lipinski definition) is 2. The molecule has 110 valence electrons. The third-order valence-electron chi connectivity index (χ3n) is 3.27. The number of rotatable bonds is 7. The SMILES string of the molecule is C=CCOc1ccc(CN[C@@H](C)c2ccc(Cl)cc2)cc1. The van der Waals surface area contributed by atoms with E-state index in [0.29, 0.717) is 6.61 Å². The van der Waals surface area contributed by atoms with Crippen molar-refractivity contribution in [2.45, 2.75) is 19.5 Å². The van der Waals surface area contributed by atoms with Gasteiger partial charge in [-0.05, 0) is 42.3 Å². The fraction of sp³-hybridized carbons (Fsp3) is 0.222. The Morgan fingerprint density at radius 2 is 1.81 bits per heavy atom. The Bertz CT molecular complexity index is 563. The van der Waals surface area contributed by atoms with Crippen LogP contribution in [0.5, 0.6) is 5.75 Å². The fourth-order valence-corrected chi connectivity index (χ4v) is 2.12. The van der Waals surface area contributed by atoms with Gasteiger partial charge in [-0.2, -0.15) is 0 Å². The Labute approximate surface area is 131 Å². The molecule has 2 rings (SSSR count). The van der Waals surface area contributed by atoms with Crippen molar-refractivity contribution in [3.8, 4) is 5.75 Å². The minimum absolute atomic E-state index is 0.277. The molecule has 0 amide bonds. The molecule has 21 heavy (non-hydrogen) atoms. The van der Waals surface area contributed by atoms with Crippen molar-refractivity contribution in [2.75, 3.05) is 6.61 Å². The Kier molecular flexibility index (Phi) is 5.85. The molecule has 0 heterocycles. The van der Waals surface area contributed by atoms with Crippen LogP contribution in [0.3, 0.4) is 0 Å². The largest absolute Gasteiger partial charge is 0.490 e. The smallest absolute Gasteiger partial charge is 0.119 e. The predicted octanol–water partition coefficient (Wildman–Crippen LogP) is 4.76. The molecule has 3 heteroatoms. The lowest BCUT2D eigenvalue weighted by molar-refractivity contribution is 0.363. The van der Waals surface area contributed by atoms with Crippen molar-refractivity contribution in [3.05, 3.63) is 77.3 Å². The van der Waals surface area contributed by atoms with Crippen molar-refractivity contribution in [2.24, 2.45) is 0 Å². The third kappa shape index (κ3) is 4.92. The van der Waals surface area contributed by atoms with Crippen molar-refractivity contribution >= 4 is 11.6 Å². The molecular weight excluding hydrogens is 282 g/mol. The highest BCUT2D eigenvalue weighted by molar-refractivity contribution is 6.30. The highest BCUT2D eigenvalue weighted by atomic mass is 35.5. The Morgan fingerprint density at radius 1 is 1.14 bits per heavy atom. The first-order valence-electron chi connectivity index (χ1n) is 7.00. The lowest BCUT2D eigenvalue weighted by Gasteiger charge is -2.14. The van der Waals surface area contributed by atoms with Gasteiger partial charge in [0.2, 0.25) is 0 Å². The summed E-state index contributed by atoms with van der Waals surface area (Å²) in [6.45, 7) is 7.12. The lowest BCUT2D eigenvalue weighted by Crippen LogP contribution is -2.17. The van der Waals surface area contributed by atoms with E-state index in [1.807, 2.05) is 36.4 Å². The molecule has 0 unspecified atom stereocenters. The number of nitrogens with one attached hydrogen (secondary N) is 1. The van der Waals surface area contributed by atoms with Crippen molar-refractivity contribution in [3.63, 3.8) is 0 Å². The molecule has 1 N–H and O–H groups in total. The van der Waals surface area contributed by atoms with Gasteiger partial charge >= 0.3 is 0 Å². The summed E-state index contributed by atoms with van der Waals surface area (Å²) < 4.78 is 5.47. The van der Waals surface area contributed by atoms with Gasteiger partial charge in [-0.1, -0.05) is 48.5 Å². The number of halogens is 1. The molecule has 0 saturated carbocycles. The third-order valence-corrected chi connectivity index (χ3v) is 3.53. The summed E-state index contributed by atoms with van der Waals surface area (Å²) in [7, 11) is 0.